The van der Waals surface area contributed by atoms with E-state index in [4.69, 9.17) is 16.3 Å². The summed E-state index contributed by atoms with van der Waals surface area (Å²) in [6.45, 7) is 0.606. The molecule has 1 aliphatic rings. The van der Waals surface area contributed by atoms with Gasteiger partial charge >= 0.3 is 0 Å². The standard InChI is InChI=1S/C5H5ClO/c6-5-1-3-7-4-2-5/h1-3H,4H2. The number of ether oxygens (including phenoxy) is 1. The van der Waals surface area contributed by atoms with Gasteiger partial charge in [0.1, 0.15) is 6.61 Å². The summed E-state index contributed by atoms with van der Waals surface area (Å²) in [7, 11) is 0. The zero-order valence-corrected chi connectivity index (χ0v) is 4.48. The summed E-state index contributed by atoms with van der Waals surface area (Å²) < 4.78 is 4.80. The van der Waals surface area contributed by atoms with E-state index in [0.717, 1.165) is 5.03 Å². The molecule has 0 aromatic carbocycles. The second-order valence-electron chi connectivity index (χ2n) is 1.23. The summed E-state index contributed by atoms with van der Waals surface area (Å²) in [4.78, 5) is 0. The summed E-state index contributed by atoms with van der Waals surface area (Å²) in [5.41, 5.74) is 0. The van der Waals surface area contributed by atoms with Crippen LogP contribution in [-0.4, -0.2) is 6.61 Å². The van der Waals surface area contributed by atoms with E-state index in [1.807, 2.05) is 6.08 Å². The minimum atomic E-state index is 0.606. The Kier molecular flexibility index (Phi) is 1.37. The molecule has 0 aromatic heterocycles. The van der Waals surface area contributed by atoms with Crippen molar-refractivity contribution in [2.45, 2.75) is 0 Å². The fourth-order valence-corrected chi connectivity index (χ4v) is 0.479. The SMILES string of the molecule is ClC1=CCOC=C1. The number of allylic oxidation sites excluding steroid dienone is 2. The van der Waals surface area contributed by atoms with E-state index in [9.17, 15) is 0 Å². The van der Waals surface area contributed by atoms with Crippen LogP contribution in [0, 0.1) is 0 Å². The third-order valence-corrected chi connectivity index (χ3v) is 0.978. The molecule has 0 radical (unpaired) electrons. The summed E-state index contributed by atoms with van der Waals surface area (Å²) in [5, 5.41) is 0.756. The highest BCUT2D eigenvalue weighted by molar-refractivity contribution is 6.31. The Morgan fingerprint density at radius 1 is 1.71 bits per heavy atom. The first-order valence-corrected chi connectivity index (χ1v) is 2.41. The molecule has 38 valence electrons. The summed E-state index contributed by atoms with van der Waals surface area (Å²) >= 11 is 5.51. The van der Waals surface area contributed by atoms with E-state index in [1.165, 1.54) is 0 Å². The minimum absolute atomic E-state index is 0.606. The average Bonchev–Trinajstić information content (AvgIpc) is 1.69. The number of rotatable bonds is 0. The minimum Gasteiger partial charge on any atom is -0.497 e. The lowest BCUT2D eigenvalue weighted by Crippen LogP contribution is -1.86. The van der Waals surface area contributed by atoms with Crippen molar-refractivity contribution in [3.8, 4) is 0 Å². The van der Waals surface area contributed by atoms with Crippen LogP contribution >= 0.6 is 11.6 Å². The molecular weight excluding hydrogens is 112 g/mol. The van der Waals surface area contributed by atoms with Crippen LogP contribution < -0.4 is 0 Å². The predicted molar refractivity (Wildman–Crippen MR) is 29.0 cm³/mol. The Hall–Kier alpha value is -0.430. The third-order valence-electron chi connectivity index (χ3n) is 0.698. The maximum Gasteiger partial charge on any atom is 0.107 e. The van der Waals surface area contributed by atoms with Crippen molar-refractivity contribution in [3.05, 3.63) is 23.4 Å². The van der Waals surface area contributed by atoms with E-state index in [1.54, 1.807) is 12.3 Å². The van der Waals surface area contributed by atoms with Crippen LogP contribution in [0.5, 0.6) is 0 Å². The molecule has 2 heteroatoms. The Morgan fingerprint density at radius 3 is 2.86 bits per heavy atom. The summed E-state index contributed by atoms with van der Waals surface area (Å²) in [5.74, 6) is 0. The first-order valence-electron chi connectivity index (χ1n) is 2.03. The molecular formula is C5H5ClO. The van der Waals surface area contributed by atoms with Crippen molar-refractivity contribution in [3.63, 3.8) is 0 Å². The summed E-state index contributed by atoms with van der Waals surface area (Å²) in [6.07, 6.45) is 5.11. The van der Waals surface area contributed by atoms with Crippen LogP contribution in [0.1, 0.15) is 0 Å². The van der Waals surface area contributed by atoms with Gasteiger partial charge in [-0.2, -0.15) is 0 Å². The van der Waals surface area contributed by atoms with E-state index < -0.39 is 0 Å². The molecule has 1 aliphatic heterocycles. The summed E-state index contributed by atoms with van der Waals surface area (Å²) in [6, 6.07) is 0. The first-order chi connectivity index (χ1) is 3.39. The molecule has 0 saturated heterocycles. The van der Waals surface area contributed by atoms with Crippen molar-refractivity contribution < 1.29 is 4.74 Å². The highest BCUT2D eigenvalue weighted by Crippen LogP contribution is 2.06. The van der Waals surface area contributed by atoms with Gasteiger partial charge in [-0.3, -0.25) is 0 Å². The Morgan fingerprint density at radius 2 is 2.57 bits per heavy atom. The Balaban J connectivity index is 2.58. The molecule has 0 N–H and O–H groups in total. The fourth-order valence-electron chi connectivity index (χ4n) is 0.364. The van der Waals surface area contributed by atoms with Crippen LogP contribution in [-0.2, 0) is 4.74 Å². The van der Waals surface area contributed by atoms with Crippen molar-refractivity contribution in [1.29, 1.82) is 0 Å². The van der Waals surface area contributed by atoms with Crippen molar-refractivity contribution in [2.24, 2.45) is 0 Å². The molecule has 0 fully saturated rings. The van der Waals surface area contributed by atoms with Crippen molar-refractivity contribution >= 4 is 11.6 Å². The lowest BCUT2D eigenvalue weighted by Gasteiger charge is -1.98. The molecule has 0 atom stereocenters. The Bertz CT molecular complexity index is 115. The molecule has 0 unspecified atom stereocenters. The lowest BCUT2D eigenvalue weighted by atomic mass is 10.4. The molecule has 1 rings (SSSR count). The van der Waals surface area contributed by atoms with Crippen LogP contribution in [0.4, 0.5) is 0 Å². The van der Waals surface area contributed by atoms with Crippen LogP contribution in [0.2, 0.25) is 0 Å². The number of hydrogen-bond acceptors (Lipinski definition) is 1. The zero-order valence-electron chi connectivity index (χ0n) is 3.73. The normalized spacial score (nSPS) is 18.1. The molecule has 0 aromatic rings. The van der Waals surface area contributed by atoms with Gasteiger partial charge in [-0.15, -0.1) is 0 Å². The van der Waals surface area contributed by atoms with Gasteiger partial charge in [0.15, 0.2) is 0 Å². The predicted octanol–water partition coefficient (Wildman–Crippen LogP) is 1.65. The molecule has 1 nitrogen and oxygen atoms in total. The number of halogens is 1. The van der Waals surface area contributed by atoms with Gasteiger partial charge in [0.25, 0.3) is 0 Å². The first kappa shape index (κ1) is 4.72. The monoisotopic (exact) mass is 116 g/mol. The van der Waals surface area contributed by atoms with Crippen LogP contribution in [0.15, 0.2) is 23.4 Å². The van der Waals surface area contributed by atoms with Gasteiger partial charge in [0, 0.05) is 5.03 Å². The van der Waals surface area contributed by atoms with Gasteiger partial charge in [-0.25, -0.2) is 0 Å². The van der Waals surface area contributed by atoms with E-state index in [0.29, 0.717) is 6.61 Å². The quantitative estimate of drug-likeness (QED) is 0.468. The van der Waals surface area contributed by atoms with E-state index in [-0.39, 0.29) is 0 Å². The van der Waals surface area contributed by atoms with Crippen LogP contribution in [0.3, 0.4) is 0 Å². The highest BCUT2D eigenvalue weighted by atomic mass is 35.5. The lowest BCUT2D eigenvalue weighted by molar-refractivity contribution is 0.285. The van der Waals surface area contributed by atoms with Gasteiger partial charge in [-0.1, -0.05) is 11.6 Å². The number of hydrogen-bond donors (Lipinski definition) is 0. The second-order valence-corrected chi connectivity index (χ2v) is 1.66. The molecule has 0 aliphatic carbocycles. The molecule has 7 heavy (non-hydrogen) atoms. The van der Waals surface area contributed by atoms with Crippen molar-refractivity contribution in [2.75, 3.05) is 6.61 Å². The third kappa shape index (κ3) is 1.24. The van der Waals surface area contributed by atoms with Gasteiger partial charge in [0.2, 0.25) is 0 Å². The Labute approximate surface area is 47.2 Å². The van der Waals surface area contributed by atoms with Gasteiger partial charge in [0.05, 0.1) is 6.26 Å². The van der Waals surface area contributed by atoms with E-state index >= 15 is 0 Å². The average molecular weight is 117 g/mol. The fraction of sp³-hybridized carbons (Fsp3) is 0.200. The van der Waals surface area contributed by atoms with Gasteiger partial charge in [-0.05, 0) is 12.2 Å². The largest absolute Gasteiger partial charge is 0.497 e. The van der Waals surface area contributed by atoms with Crippen molar-refractivity contribution in [1.82, 2.24) is 0 Å². The van der Waals surface area contributed by atoms with Crippen LogP contribution in [0.25, 0.3) is 0 Å². The molecule has 0 spiro atoms. The van der Waals surface area contributed by atoms with Gasteiger partial charge < -0.3 is 4.74 Å². The molecule has 0 amide bonds. The smallest absolute Gasteiger partial charge is 0.107 e. The molecule has 1 heterocycles. The highest BCUT2D eigenvalue weighted by Gasteiger charge is 1.88. The molecule has 0 bridgehead atoms. The topological polar surface area (TPSA) is 9.23 Å². The maximum atomic E-state index is 5.51. The molecule has 0 saturated carbocycles. The second kappa shape index (κ2) is 2.03. The maximum absolute atomic E-state index is 5.51. The zero-order chi connectivity index (χ0) is 5.11. The van der Waals surface area contributed by atoms with E-state index in [2.05, 4.69) is 0 Å².